The summed E-state index contributed by atoms with van der Waals surface area (Å²) in [7, 11) is 2.67. The number of aliphatic imine (C=N–C) groups is 1. The molecule has 1 aromatic heterocycles. The summed E-state index contributed by atoms with van der Waals surface area (Å²) >= 11 is 0.966. The van der Waals surface area contributed by atoms with E-state index in [1.807, 2.05) is 26.0 Å². The Bertz CT molecular complexity index is 1050. The lowest BCUT2D eigenvalue weighted by Crippen LogP contribution is -2.39. The molecule has 0 aliphatic carbocycles. The van der Waals surface area contributed by atoms with Gasteiger partial charge in [-0.05, 0) is 44.0 Å². The maximum absolute atomic E-state index is 12.7. The highest BCUT2D eigenvalue weighted by Gasteiger charge is 2.22. The Morgan fingerprint density at radius 3 is 2.46 bits per heavy atom. The first-order valence-corrected chi connectivity index (χ1v) is 9.59. The number of aromatic nitrogens is 2. The van der Waals surface area contributed by atoms with Crippen molar-refractivity contribution >= 4 is 28.5 Å². The molecular weight excluding hydrogens is 382 g/mol. The number of hydrogen-bond acceptors (Lipinski definition) is 7. The van der Waals surface area contributed by atoms with Gasteiger partial charge >= 0.3 is 11.7 Å². The molecule has 1 aromatic carbocycles. The Morgan fingerprint density at radius 1 is 1.18 bits per heavy atom. The van der Waals surface area contributed by atoms with E-state index in [0.29, 0.717) is 5.69 Å². The van der Waals surface area contributed by atoms with Crippen molar-refractivity contribution in [3.63, 3.8) is 0 Å². The number of aryl methyl sites for hydroxylation is 2. The number of aromatic hydroxyl groups is 1. The van der Waals surface area contributed by atoms with Gasteiger partial charge in [-0.15, -0.1) is 0 Å². The summed E-state index contributed by atoms with van der Waals surface area (Å²) in [5, 5.41) is 10.6. The van der Waals surface area contributed by atoms with Gasteiger partial charge in [0.25, 0.3) is 5.56 Å². The van der Waals surface area contributed by atoms with E-state index < -0.39 is 23.1 Å². The minimum absolute atomic E-state index is 0.0943. The van der Waals surface area contributed by atoms with Crippen molar-refractivity contribution in [3.8, 4) is 5.88 Å². The number of benzene rings is 1. The third kappa shape index (κ3) is 4.53. The minimum atomic E-state index is -0.695. The van der Waals surface area contributed by atoms with Gasteiger partial charge < -0.3 is 9.84 Å². The lowest BCUT2D eigenvalue weighted by Gasteiger charge is -2.12. The van der Waals surface area contributed by atoms with Crippen LogP contribution in [-0.4, -0.2) is 37.6 Å². The standard InChI is InChI=1S/C19H23N3O5S/c1-6-27-14(23)10-28-16(20-13-8-7-11(2)12(3)9-13)15-17(24)21(4)19(26)22(5)18(15)25/h7-9,24H,6,10H2,1-5H3. The molecule has 0 saturated heterocycles. The van der Waals surface area contributed by atoms with Crippen LogP contribution >= 0.6 is 11.8 Å². The van der Waals surface area contributed by atoms with Crippen LogP contribution < -0.4 is 11.2 Å². The van der Waals surface area contributed by atoms with Crippen LogP contribution in [0.3, 0.4) is 0 Å². The molecule has 9 heteroatoms. The number of esters is 1. The van der Waals surface area contributed by atoms with Crippen molar-refractivity contribution in [2.24, 2.45) is 19.1 Å². The van der Waals surface area contributed by atoms with Crippen molar-refractivity contribution in [3.05, 3.63) is 55.7 Å². The molecule has 0 unspecified atom stereocenters. The van der Waals surface area contributed by atoms with E-state index >= 15 is 0 Å². The summed E-state index contributed by atoms with van der Waals surface area (Å²) in [4.78, 5) is 41.0. The van der Waals surface area contributed by atoms with Crippen molar-refractivity contribution < 1.29 is 14.6 Å². The van der Waals surface area contributed by atoms with Crippen LogP contribution in [0.5, 0.6) is 5.88 Å². The molecule has 1 N–H and O–H groups in total. The predicted octanol–water partition coefficient (Wildman–Crippen LogP) is 1.78. The second-order valence-corrected chi connectivity index (χ2v) is 7.15. The monoisotopic (exact) mass is 405 g/mol. The lowest BCUT2D eigenvalue weighted by molar-refractivity contribution is -0.139. The SMILES string of the molecule is CCOC(=O)CSC(=Nc1ccc(C)c(C)c1)c1c(O)n(C)c(=O)n(C)c1=O. The first-order valence-electron chi connectivity index (χ1n) is 8.61. The Morgan fingerprint density at radius 2 is 1.86 bits per heavy atom. The zero-order valence-electron chi connectivity index (χ0n) is 16.5. The minimum Gasteiger partial charge on any atom is -0.494 e. The normalized spacial score (nSPS) is 11.5. The van der Waals surface area contributed by atoms with E-state index in [4.69, 9.17) is 4.74 Å². The number of nitrogens with zero attached hydrogens (tertiary/aromatic N) is 3. The fraction of sp³-hybridized carbons (Fsp3) is 0.368. The smallest absolute Gasteiger partial charge is 0.333 e. The summed E-state index contributed by atoms with van der Waals surface area (Å²) in [5.74, 6) is -1.07. The summed E-state index contributed by atoms with van der Waals surface area (Å²) < 4.78 is 6.77. The average molecular weight is 405 g/mol. The molecule has 28 heavy (non-hydrogen) atoms. The van der Waals surface area contributed by atoms with Crippen molar-refractivity contribution in [1.82, 2.24) is 9.13 Å². The number of carbonyl (C=O) groups is 1. The summed E-state index contributed by atoms with van der Waals surface area (Å²) in [6, 6.07) is 5.50. The van der Waals surface area contributed by atoms with Crippen LogP contribution in [0.25, 0.3) is 0 Å². The van der Waals surface area contributed by atoms with Crippen LogP contribution in [0, 0.1) is 13.8 Å². The molecule has 8 nitrogen and oxygen atoms in total. The van der Waals surface area contributed by atoms with Crippen LogP contribution in [0.2, 0.25) is 0 Å². The molecule has 1 heterocycles. The number of ether oxygens (including phenoxy) is 1. The quantitative estimate of drug-likeness (QED) is 0.462. The molecule has 0 saturated carbocycles. The highest BCUT2D eigenvalue weighted by Crippen LogP contribution is 2.24. The van der Waals surface area contributed by atoms with Crippen molar-refractivity contribution in [1.29, 1.82) is 0 Å². The number of hydrogen-bond donors (Lipinski definition) is 1. The molecule has 0 bridgehead atoms. The maximum atomic E-state index is 12.7. The Hall–Kier alpha value is -2.81. The van der Waals surface area contributed by atoms with Crippen LogP contribution in [-0.2, 0) is 23.6 Å². The first-order chi connectivity index (χ1) is 13.2. The fourth-order valence-electron chi connectivity index (χ4n) is 2.42. The van der Waals surface area contributed by atoms with E-state index in [1.165, 1.54) is 14.1 Å². The Kier molecular flexibility index (Phi) is 6.85. The Labute approximate surface area is 166 Å². The van der Waals surface area contributed by atoms with Gasteiger partial charge in [0.1, 0.15) is 10.6 Å². The molecule has 0 amide bonds. The third-order valence-corrected chi connectivity index (χ3v) is 5.15. The van der Waals surface area contributed by atoms with Gasteiger partial charge in [0.2, 0.25) is 5.88 Å². The molecule has 0 radical (unpaired) electrons. The molecule has 2 aromatic rings. The van der Waals surface area contributed by atoms with E-state index in [1.54, 1.807) is 13.0 Å². The first kappa shape index (κ1) is 21.5. The van der Waals surface area contributed by atoms with E-state index in [9.17, 15) is 19.5 Å². The second kappa shape index (κ2) is 8.92. The van der Waals surface area contributed by atoms with Crippen LogP contribution in [0.1, 0.15) is 23.6 Å². The fourth-order valence-corrected chi connectivity index (χ4v) is 3.25. The van der Waals surface area contributed by atoms with E-state index in [-0.39, 0.29) is 23.0 Å². The predicted molar refractivity (Wildman–Crippen MR) is 110 cm³/mol. The molecule has 0 aliphatic rings. The van der Waals surface area contributed by atoms with Gasteiger partial charge in [0.15, 0.2) is 0 Å². The number of rotatable bonds is 5. The number of thioether (sulfide) groups is 1. The average Bonchev–Trinajstić information content (AvgIpc) is 2.66. The maximum Gasteiger partial charge on any atom is 0.333 e. The Balaban J connectivity index is 2.64. The van der Waals surface area contributed by atoms with Crippen LogP contribution in [0.15, 0.2) is 32.8 Å². The van der Waals surface area contributed by atoms with Crippen LogP contribution in [0.4, 0.5) is 5.69 Å². The molecule has 0 atom stereocenters. The van der Waals surface area contributed by atoms with Gasteiger partial charge in [-0.2, -0.15) is 0 Å². The number of carbonyl (C=O) groups excluding carboxylic acids is 1. The largest absolute Gasteiger partial charge is 0.494 e. The van der Waals surface area contributed by atoms with Crippen molar-refractivity contribution in [2.75, 3.05) is 12.4 Å². The molecule has 150 valence electrons. The van der Waals surface area contributed by atoms with Crippen molar-refractivity contribution in [2.45, 2.75) is 20.8 Å². The van der Waals surface area contributed by atoms with Gasteiger partial charge in [0, 0.05) is 14.1 Å². The summed E-state index contributed by atoms with van der Waals surface area (Å²) in [5.41, 5.74) is 1.16. The van der Waals surface area contributed by atoms with Gasteiger partial charge in [-0.25, -0.2) is 9.79 Å². The molecule has 0 spiro atoms. The zero-order chi connectivity index (χ0) is 21.0. The molecular formula is C19H23N3O5S. The molecule has 2 rings (SSSR count). The highest BCUT2D eigenvalue weighted by atomic mass is 32.2. The van der Waals surface area contributed by atoms with E-state index in [0.717, 1.165) is 32.0 Å². The van der Waals surface area contributed by atoms with Gasteiger partial charge in [-0.1, -0.05) is 17.8 Å². The van der Waals surface area contributed by atoms with Gasteiger partial charge in [-0.3, -0.25) is 18.7 Å². The lowest BCUT2D eigenvalue weighted by atomic mass is 10.1. The third-order valence-electron chi connectivity index (χ3n) is 4.20. The topological polar surface area (TPSA) is 103 Å². The van der Waals surface area contributed by atoms with Gasteiger partial charge in [0.05, 0.1) is 18.0 Å². The highest BCUT2D eigenvalue weighted by molar-refractivity contribution is 8.15. The second-order valence-electron chi connectivity index (χ2n) is 6.18. The molecule has 0 aliphatic heterocycles. The summed E-state index contributed by atoms with van der Waals surface area (Å²) in [6.07, 6.45) is 0. The molecule has 0 fully saturated rings. The van der Waals surface area contributed by atoms with E-state index in [2.05, 4.69) is 4.99 Å². The summed E-state index contributed by atoms with van der Waals surface area (Å²) in [6.45, 7) is 5.83. The zero-order valence-corrected chi connectivity index (χ0v) is 17.3.